The van der Waals surface area contributed by atoms with E-state index in [0.29, 0.717) is 5.02 Å². The Labute approximate surface area is 112 Å². The Morgan fingerprint density at radius 1 is 1.11 bits per heavy atom. The molecule has 0 aliphatic heterocycles. The third kappa shape index (κ3) is 3.09. The SMILES string of the molecule is CCNC(c1ccc(F)cc1)c1cccc(Cl)c1. The molecule has 0 saturated carbocycles. The van der Waals surface area contributed by atoms with Crippen molar-refractivity contribution in [2.45, 2.75) is 13.0 Å². The minimum atomic E-state index is -0.222. The van der Waals surface area contributed by atoms with Crippen LogP contribution in [0, 0.1) is 5.82 Å². The van der Waals surface area contributed by atoms with Gasteiger partial charge in [-0.25, -0.2) is 4.39 Å². The van der Waals surface area contributed by atoms with Gasteiger partial charge < -0.3 is 5.32 Å². The highest BCUT2D eigenvalue weighted by Crippen LogP contribution is 2.24. The molecular weight excluding hydrogens is 249 g/mol. The molecule has 0 heterocycles. The number of rotatable bonds is 4. The molecule has 1 N–H and O–H groups in total. The van der Waals surface area contributed by atoms with Gasteiger partial charge in [-0.15, -0.1) is 0 Å². The Morgan fingerprint density at radius 3 is 2.44 bits per heavy atom. The van der Waals surface area contributed by atoms with Crippen LogP contribution in [-0.4, -0.2) is 6.54 Å². The molecular formula is C15H15ClFN. The zero-order valence-corrected chi connectivity index (χ0v) is 10.9. The Morgan fingerprint density at radius 2 is 1.83 bits per heavy atom. The number of halogens is 2. The van der Waals surface area contributed by atoms with E-state index in [2.05, 4.69) is 5.32 Å². The van der Waals surface area contributed by atoms with Crippen LogP contribution in [0.5, 0.6) is 0 Å². The molecule has 0 radical (unpaired) electrons. The Hall–Kier alpha value is -1.38. The van der Waals surface area contributed by atoms with Crippen molar-refractivity contribution in [3.05, 3.63) is 70.5 Å². The van der Waals surface area contributed by atoms with Crippen molar-refractivity contribution in [3.63, 3.8) is 0 Å². The number of hydrogen-bond donors (Lipinski definition) is 1. The molecule has 18 heavy (non-hydrogen) atoms. The van der Waals surface area contributed by atoms with E-state index < -0.39 is 0 Å². The lowest BCUT2D eigenvalue weighted by molar-refractivity contribution is 0.613. The summed E-state index contributed by atoms with van der Waals surface area (Å²) in [5.74, 6) is -0.222. The van der Waals surface area contributed by atoms with E-state index in [1.807, 2.05) is 31.2 Å². The molecule has 94 valence electrons. The van der Waals surface area contributed by atoms with Crippen molar-refractivity contribution in [2.75, 3.05) is 6.54 Å². The zero-order chi connectivity index (χ0) is 13.0. The summed E-state index contributed by atoms with van der Waals surface area (Å²) in [6.07, 6.45) is 0. The van der Waals surface area contributed by atoms with E-state index in [1.54, 1.807) is 12.1 Å². The lowest BCUT2D eigenvalue weighted by Gasteiger charge is -2.19. The van der Waals surface area contributed by atoms with Crippen LogP contribution in [-0.2, 0) is 0 Å². The smallest absolute Gasteiger partial charge is 0.123 e. The van der Waals surface area contributed by atoms with Crippen LogP contribution in [0.1, 0.15) is 24.1 Å². The summed E-state index contributed by atoms with van der Waals surface area (Å²) in [5.41, 5.74) is 2.11. The van der Waals surface area contributed by atoms with E-state index in [4.69, 9.17) is 11.6 Å². The predicted octanol–water partition coefficient (Wildman–Crippen LogP) is 4.18. The highest BCUT2D eigenvalue weighted by atomic mass is 35.5. The molecule has 2 aromatic carbocycles. The zero-order valence-electron chi connectivity index (χ0n) is 10.2. The van der Waals surface area contributed by atoms with Crippen LogP contribution in [0.3, 0.4) is 0 Å². The molecule has 3 heteroatoms. The molecule has 0 fully saturated rings. The molecule has 1 unspecified atom stereocenters. The summed E-state index contributed by atoms with van der Waals surface area (Å²) in [4.78, 5) is 0. The topological polar surface area (TPSA) is 12.0 Å². The van der Waals surface area contributed by atoms with Crippen LogP contribution in [0.2, 0.25) is 5.02 Å². The van der Waals surface area contributed by atoms with Gasteiger partial charge in [0, 0.05) is 5.02 Å². The van der Waals surface area contributed by atoms with E-state index in [1.165, 1.54) is 12.1 Å². The second-order valence-electron chi connectivity index (χ2n) is 4.10. The quantitative estimate of drug-likeness (QED) is 0.873. The minimum absolute atomic E-state index is 0.0364. The summed E-state index contributed by atoms with van der Waals surface area (Å²) in [6, 6.07) is 14.3. The summed E-state index contributed by atoms with van der Waals surface area (Å²) < 4.78 is 13.0. The maximum atomic E-state index is 13.0. The van der Waals surface area contributed by atoms with E-state index in [9.17, 15) is 4.39 Å². The highest BCUT2D eigenvalue weighted by Gasteiger charge is 2.12. The summed E-state index contributed by atoms with van der Waals surface area (Å²) in [6.45, 7) is 2.87. The average Bonchev–Trinajstić information content (AvgIpc) is 2.37. The minimum Gasteiger partial charge on any atom is -0.307 e. The largest absolute Gasteiger partial charge is 0.307 e. The van der Waals surface area contributed by atoms with Gasteiger partial charge in [-0.2, -0.15) is 0 Å². The van der Waals surface area contributed by atoms with Gasteiger partial charge >= 0.3 is 0 Å². The van der Waals surface area contributed by atoms with Crippen LogP contribution in [0.4, 0.5) is 4.39 Å². The third-order valence-electron chi connectivity index (χ3n) is 2.79. The van der Waals surface area contributed by atoms with Gasteiger partial charge in [0.1, 0.15) is 5.82 Å². The molecule has 0 amide bonds. The number of nitrogens with one attached hydrogen (secondary N) is 1. The molecule has 0 bridgehead atoms. The van der Waals surface area contributed by atoms with Crippen molar-refractivity contribution in [1.29, 1.82) is 0 Å². The van der Waals surface area contributed by atoms with E-state index in [-0.39, 0.29) is 11.9 Å². The molecule has 0 aromatic heterocycles. The lowest BCUT2D eigenvalue weighted by atomic mass is 9.99. The van der Waals surface area contributed by atoms with E-state index >= 15 is 0 Å². The monoisotopic (exact) mass is 263 g/mol. The Kier molecular flexibility index (Phi) is 4.34. The van der Waals surface area contributed by atoms with Crippen LogP contribution in [0.15, 0.2) is 48.5 Å². The standard InChI is InChI=1S/C15H15ClFN/c1-2-18-15(11-6-8-14(17)9-7-11)12-4-3-5-13(16)10-12/h3-10,15,18H,2H2,1H3. The van der Waals surface area contributed by atoms with Gasteiger partial charge in [0.05, 0.1) is 6.04 Å². The Balaban J connectivity index is 2.36. The van der Waals surface area contributed by atoms with Gasteiger partial charge in [0.25, 0.3) is 0 Å². The molecule has 2 aromatic rings. The van der Waals surface area contributed by atoms with Crippen LogP contribution in [0.25, 0.3) is 0 Å². The fourth-order valence-corrected chi connectivity index (χ4v) is 2.17. The summed E-state index contributed by atoms with van der Waals surface area (Å²) in [7, 11) is 0. The van der Waals surface area contributed by atoms with E-state index in [0.717, 1.165) is 17.7 Å². The second-order valence-corrected chi connectivity index (χ2v) is 4.53. The van der Waals surface area contributed by atoms with Crippen molar-refractivity contribution in [3.8, 4) is 0 Å². The molecule has 2 rings (SSSR count). The maximum absolute atomic E-state index is 13.0. The van der Waals surface area contributed by atoms with Crippen molar-refractivity contribution < 1.29 is 4.39 Å². The summed E-state index contributed by atoms with van der Waals surface area (Å²) in [5, 5.41) is 4.09. The van der Waals surface area contributed by atoms with Gasteiger partial charge in [0.2, 0.25) is 0 Å². The maximum Gasteiger partial charge on any atom is 0.123 e. The van der Waals surface area contributed by atoms with Crippen LogP contribution < -0.4 is 5.32 Å². The molecule has 1 nitrogen and oxygen atoms in total. The first-order valence-corrected chi connectivity index (χ1v) is 6.33. The van der Waals surface area contributed by atoms with Crippen molar-refractivity contribution in [1.82, 2.24) is 5.32 Å². The number of benzene rings is 2. The highest BCUT2D eigenvalue weighted by molar-refractivity contribution is 6.30. The molecule has 0 saturated heterocycles. The van der Waals surface area contributed by atoms with Crippen molar-refractivity contribution >= 4 is 11.6 Å². The fraction of sp³-hybridized carbons (Fsp3) is 0.200. The first kappa shape index (κ1) is 13.1. The fourth-order valence-electron chi connectivity index (χ4n) is 1.97. The molecule has 1 atom stereocenters. The van der Waals surface area contributed by atoms with Gasteiger partial charge in [-0.3, -0.25) is 0 Å². The predicted molar refractivity (Wildman–Crippen MR) is 73.4 cm³/mol. The molecule has 0 spiro atoms. The first-order valence-electron chi connectivity index (χ1n) is 5.95. The molecule has 0 aliphatic rings. The first-order chi connectivity index (χ1) is 8.70. The van der Waals surface area contributed by atoms with Crippen LogP contribution >= 0.6 is 11.6 Å². The summed E-state index contributed by atoms with van der Waals surface area (Å²) >= 11 is 6.01. The lowest BCUT2D eigenvalue weighted by Crippen LogP contribution is -2.21. The normalized spacial score (nSPS) is 12.4. The Bertz CT molecular complexity index is 510. The van der Waals surface area contributed by atoms with Gasteiger partial charge in [0.15, 0.2) is 0 Å². The van der Waals surface area contributed by atoms with Crippen molar-refractivity contribution in [2.24, 2.45) is 0 Å². The second kappa shape index (κ2) is 5.98. The molecule has 0 aliphatic carbocycles. The number of hydrogen-bond acceptors (Lipinski definition) is 1. The van der Waals surface area contributed by atoms with Gasteiger partial charge in [-0.05, 0) is 41.9 Å². The third-order valence-corrected chi connectivity index (χ3v) is 3.03. The van der Waals surface area contributed by atoms with Gasteiger partial charge in [-0.1, -0.05) is 42.8 Å². The average molecular weight is 264 g/mol.